The van der Waals surface area contributed by atoms with Crippen LogP contribution in [0, 0.1) is 0 Å². The fraction of sp³-hybridized carbons (Fsp3) is 0.200. The molecule has 1 atom stereocenters. The zero-order chi connectivity index (χ0) is 18.5. The van der Waals surface area contributed by atoms with Gasteiger partial charge in [0.25, 0.3) is 5.91 Å². The first-order valence-corrected chi connectivity index (χ1v) is 8.17. The highest BCUT2D eigenvalue weighted by atomic mass is 16.6. The first-order chi connectivity index (χ1) is 12.6. The van der Waals surface area contributed by atoms with E-state index in [9.17, 15) is 9.59 Å². The van der Waals surface area contributed by atoms with E-state index in [1.165, 1.54) is 6.92 Å². The molecule has 0 aliphatic carbocycles. The van der Waals surface area contributed by atoms with Gasteiger partial charge >= 0.3 is 5.97 Å². The molecule has 0 radical (unpaired) electrons. The summed E-state index contributed by atoms with van der Waals surface area (Å²) in [6.07, 6.45) is -0.936. The molecule has 1 N–H and O–H groups in total. The van der Waals surface area contributed by atoms with Crippen molar-refractivity contribution in [3.8, 4) is 5.75 Å². The maximum Gasteiger partial charge on any atom is 0.375 e. The van der Waals surface area contributed by atoms with Gasteiger partial charge in [0.2, 0.25) is 5.76 Å². The summed E-state index contributed by atoms with van der Waals surface area (Å²) in [5, 5.41) is 3.53. The Labute approximate surface area is 150 Å². The number of hydrogen-bond donors (Lipinski definition) is 1. The second-order valence-corrected chi connectivity index (χ2v) is 5.76. The zero-order valence-corrected chi connectivity index (χ0v) is 14.5. The number of carbonyl (C=O) groups is 2. The summed E-state index contributed by atoms with van der Waals surface area (Å²) in [5.74, 6) is -0.243. The van der Waals surface area contributed by atoms with Crippen LogP contribution in [0.1, 0.15) is 23.0 Å². The number of nitrogens with one attached hydrogen (secondary N) is 1. The van der Waals surface area contributed by atoms with Gasteiger partial charge in [0.1, 0.15) is 11.3 Å². The molecule has 0 saturated carbocycles. The molecule has 0 aliphatic rings. The number of ether oxygens (including phenoxy) is 2. The first kappa shape index (κ1) is 17.5. The molecular weight excluding hydrogens is 334 g/mol. The molecule has 0 unspecified atom stereocenters. The third-order valence-corrected chi connectivity index (χ3v) is 3.91. The van der Waals surface area contributed by atoms with E-state index in [4.69, 9.17) is 13.9 Å². The smallest absolute Gasteiger partial charge is 0.375 e. The van der Waals surface area contributed by atoms with Crippen molar-refractivity contribution in [1.29, 1.82) is 0 Å². The van der Waals surface area contributed by atoms with E-state index in [0.717, 1.165) is 16.7 Å². The average molecular weight is 353 g/mol. The van der Waals surface area contributed by atoms with Crippen LogP contribution in [0.25, 0.3) is 11.0 Å². The summed E-state index contributed by atoms with van der Waals surface area (Å²) in [6, 6.07) is 16.2. The van der Waals surface area contributed by atoms with Gasteiger partial charge in [-0.25, -0.2) is 4.79 Å². The van der Waals surface area contributed by atoms with Crippen molar-refractivity contribution < 1.29 is 23.5 Å². The van der Waals surface area contributed by atoms with E-state index in [1.807, 2.05) is 42.5 Å². The SMILES string of the molecule is COc1ccc(CNC(=O)[C@H](C)OC(=O)c2cc3ccccc3o2)cc1. The van der Waals surface area contributed by atoms with E-state index in [2.05, 4.69) is 5.32 Å². The highest BCUT2D eigenvalue weighted by Crippen LogP contribution is 2.19. The van der Waals surface area contributed by atoms with Gasteiger partial charge < -0.3 is 19.2 Å². The fourth-order valence-corrected chi connectivity index (χ4v) is 2.43. The van der Waals surface area contributed by atoms with Gasteiger partial charge in [0, 0.05) is 11.9 Å². The lowest BCUT2D eigenvalue weighted by Crippen LogP contribution is -2.35. The Hall–Kier alpha value is -3.28. The Morgan fingerprint density at radius 3 is 2.54 bits per heavy atom. The molecule has 0 spiro atoms. The van der Waals surface area contributed by atoms with Crippen LogP contribution < -0.4 is 10.1 Å². The number of methoxy groups -OCH3 is 1. The molecule has 3 rings (SSSR count). The maximum absolute atomic E-state index is 12.2. The molecule has 1 amide bonds. The van der Waals surface area contributed by atoms with Gasteiger partial charge in [-0.3, -0.25) is 4.79 Å². The van der Waals surface area contributed by atoms with Crippen molar-refractivity contribution in [1.82, 2.24) is 5.32 Å². The van der Waals surface area contributed by atoms with Crippen LogP contribution in [0.4, 0.5) is 0 Å². The largest absolute Gasteiger partial charge is 0.497 e. The van der Waals surface area contributed by atoms with Crippen LogP contribution in [0.15, 0.2) is 59.0 Å². The Morgan fingerprint density at radius 2 is 1.85 bits per heavy atom. The standard InChI is InChI=1S/C20H19NO5/c1-13(19(22)21-12-14-7-9-16(24-2)10-8-14)25-20(23)18-11-15-5-3-4-6-17(15)26-18/h3-11,13H,12H2,1-2H3,(H,21,22)/t13-/m0/s1. The van der Waals surface area contributed by atoms with Gasteiger partial charge in [-0.2, -0.15) is 0 Å². The van der Waals surface area contributed by atoms with Crippen LogP contribution in [0.2, 0.25) is 0 Å². The fourth-order valence-electron chi connectivity index (χ4n) is 2.43. The molecule has 0 fully saturated rings. The van der Waals surface area contributed by atoms with E-state index in [-0.39, 0.29) is 11.7 Å². The highest BCUT2D eigenvalue weighted by molar-refractivity contribution is 5.94. The third kappa shape index (κ3) is 4.03. The maximum atomic E-state index is 12.2. The monoisotopic (exact) mass is 353 g/mol. The van der Waals surface area contributed by atoms with Crippen LogP contribution in [0.5, 0.6) is 5.75 Å². The number of carbonyl (C=O) groups excluding carboxylic acids is 2. The number of esters is 1. The van der Waals surface area contributed by atoms with Crippen LogP contribution in [-0.2, 0) is 16.1 Å². The molecule has 0 saturated heterocycles. The lowest BCUT2D eigenvalue weighted by molar-refractivity contribution is -0.129. The van der Waals surface area contributed by atoms with E-state index in [1.54, 1.807) is 19.2 Å². The minimum atomic E-state index is -0.936. The average Bonchev–Trinajstić information content (AvgIpc) is 3.10. The molecule has 6 heteroatoms. The second kappa shape index (κ2) is 7.74. The summed E-state index contributed by atoms with van der Waals surface area (Å²) in [4.78, 5) is 24.3. The summed E-state index contributed by atoms with van der Waals surface area (Å²) < 4.78 is 15.7. The minimum absolute atomic E-state index is 0.0704. The number of furan rings is 1. The number of rotatable bonds is 6. The number of hydrogen-bond acceptors (Lipinski definition) is 5. The van der Waals surface area contributed by atoms with Crippen molar-refractivity contribution in [3.63, 3.8) is 0 Å². The predicted molar refractivity (Wildman–Crippen MR) is 95.9 cm³/mol. The van der Waals surface area contributed by atoms with Crippen molar-refractivity contribution in [3.05, 3.63) is 65.9 Å². The van der Waals surface area contributed by atoms with Gasteiger partial charge in [-0.15, -0.1) is 0 Å². The molecule has 0 bridgehead atoms. The molecule has 134 valence electrons. The van der Waals surface area contributed by atoms with Crippen molar-refractivity contribution >= 4 is 22.8 Å². The number of benzene rings is 2. The van der Waals surface area contributed by atoms with Crippen molar-refractivity contribution in [2.45, 2.75) is 19.6 Å². The molecule has 0 aliphatic heterocycles. The lowest BCUT2D eigenvalue weighted by atomic mass is 10.2. The molecule has 26 heavy (non-hydrogen) atoms. The van der Waals surface area contributed by atoms with Gasteiger partial charge in [-0.05, 0) is 36.8 Å². The van der Waals surface area contributed by atoms with Crippen LogP contribution in [0.3, 0.4) is 0 Å². The van der Waals surface area contributed by atoms with Gasteiger partial charge in [0.05, 0.1) is 7.11 Å². The number of amides is 1. The molecule has 3 aromatic rings. The molecule has 1 heterocycles. The van der Waals surface area contributed by atoms with E-state index < -0.39 is 12.1 Å². The Bertz CT molecular complexity index is 880. The summed E-state index contributed by atoms with van der Waals surface area (Å²) >= 11 is 0. The summed E-state index contributed by atoms with van der Waals surface area (Å²) in [5.41, 5.74) is 1.51. The quantitative estimate of drug-likeness (QED) is 0.688. The van der Waals surface area contributed by atoms with Crippen molar-refractivity contribution in [2.24, 2.45) is 0 Å². The lowest BCUT2D eigenvalue weighted by Gasteiger charge is -2.13. The number of fused-ring (bicyclic) bond motifs is 1. The molecule has 6 nitrogen and oxygen atoms in total. The van der Waals surface area contributed by atoms with Crippen LogP contribution in [-0.4, -0.2) is 25.1 Å². The topological polar surface area (TPSA) is 77.8 Å². The van der Waals surface area contributed by atoms with Crippen LogP contribution >= 0.6 is 0 Å². The Balaban J connectivity index is 1.55. The van der Waals surface area contributed by atoms with E-state index in [0.29, 0.717) is 12.1 Å². The third-order valence-electron chi connectivity index (χ3n) is 3.91. The summed E-state index contributed by atoms with van der Waals surface area (Å²) in [7, 11) is 1.59. The number of para-hydroxylation sites is 1. The van der Waals surface area contributed by atoms with Crippen molar-refractivity contribution in [2.75, 3.05) is 7.11 Å². The summed E-state index contributed by atoms with van der Waals surface area (Å²) in [6.45, 7) is 1.85. The van der Waals surface area contributed by atoms with Gasteiger partial charge in [-0.1, -0.05) is 30.3 Å². The Morgan fingerprint density at radius 1 is 1.12 bits per heavy atom. The molecular formula is C20H19NO5. The first-order valence-electron chi connectivity index (χ1n) is 8.17. The zero-order valence-electron chi connectivity index (χ0n) is 14.5. The predicted octanol–water partition coefficient (Wildman–Crippen LogP) is 3.30. The highest BCUT2D eigenvalue weighted by Gasteiger charge is 2.21. The van der Waals surface area contributed by atoms with Gasteiger partial charge in [0.15, 0.2) is 6.10 Å². The Kier molecular flexibility index (Phi) is 5.22. The van der Waals surface area contributed by atoms with E-state index >= 15 is 0 Å². The normalized spacial score (nSPS) is 11.8. The molecule has 1 aromatic heterocycles. The molecule has 2 aromatic carbocycles. The minimum Gasteiger partial charge on any atom is -0.497 e. The second-order valence-electron chi connectivity index (χ2n) is 5.76.